The molecule has 0 bridgehead atoms. The summed E-state index contributed by atoms with van der Waals surface area (Å²) in [6.07, 6.45) is 1.70. The fourth-order valence-corrected chi connectivity index (χ4v) is 4.12. The predicted molar refractivity (Wildman–Crippen MR) is 110 cm³/mol. The van der Waals surface area contributed by atoms with Crippen molar-refractivity contribution in [3.05, 3.63) is 51.9 Å². The number of ether oxygens (including phenoxy) is 1. The molecule has 4 rings (SSSR count). The molecule has 0 aliphatic carbocycles. The number of anilines is 1. The van der Waals surface area contributed by atoms with E-state index in [0.717, 1.165) is 42.2 Å². The molecule has 0 spiro atoms. The highest BCUT2D eigenvalue weighted by molar-refractivity contribution is 5.74. The summed E-state index contributed by atoms with van der Waals surface area (Å²) < 4.78 is 6.82. The van der Waals surface area contributed by atoms with Crippen molar-refractivity contribution in [2.24, 2.45) is 13.0 Å². The Bertz CT molecular complexity index is 958. The van der Waals surface area contributed by atoms with Crippen molar-refractivity contribution < 1.29 is 9.53 Å². The van der Waals surface area contributed by atoms with Crippen LogP contribution in [0.2, 0.25) is 0 Å². The average molecular weight is 397 g/mol. The molecule has 2 aliphatic heterocycles. The van der Waals surface area contributed by atoms with Crippen molar-refractivity contribution in [3.63, 3.8) is 0 Å². The third-order valence-electron chi connectivity index (χ3n) is 5.78. The number of aromatic nitrogens is 2. The SMILES string of the molecule is COc1ccccc1N1CCC(CNC(=O)N2CCc3nn(C)c(=O)cc3C2)C1. The van der Waals surface area contributed by atoms with Crippen LogP contribution in [-0.2, 0) is 20.0 Å². The van der Waals surface area contributed by atoms with Gasteiger partial charge in [-0.25, -0.2) is 9.48 Å². The lowest BCUT2D eigenvalue weighted by atomic mass is 10.1. The summed E-state index contributed by atoms with van der Waals surface area (Å²) in [6, 6.07) is 9.54. The first kappa shape index (κ1) is 19.3. The van der Waals surface area contributed by atoms with E-state index in [1.165, 1.54) is 4.68 Å². The summed E-state index contributed by atoms with van der Waals surface area (Å²) in [5, 5.41) is 7.37. The molecule has 1 unspecified atom stereocenters. The number of aryl methyl sites for hydroxylation is 1. The molecule has 0 radical (unpaired) electrons. The number of methoxy groups -OCH3 is 1. The van der Waals surface area contributed by atoms with Gasteiger partial charge in [-0.2, -0.15) is 5.10 Å². The zero-order valence-corrected chi connectivity index (χ0v) is 16.9. The van der Waals surface area contributed by atoms with Gasteiger partial charge in [0.25, 0.3) is 5.56 Å². The van der Waals surface area contributed by atoms with Crippen LogP contribution in [0.4, 0.5) is 10.5 Å². The molecule has 29 heavy (non-hydrogen) atoms. The van der Waals surface area contributed by atoms with Gasteiger partial charge < -0.3 is 19.9 Å². The van der Waals surface area contributed by atoms with Gasteiger partial charge in [-0.05, 0) is 24.5 Å². The van der Waals surface area contributed by atoms with Crippen LogP contribution < -0.4 is 20.5 Å². The van der Waals surface area contributed by atoms with Crippen LogP contribution in [0.25, 0.3) is 0 Å². The van der Waals surface area contributed by atoms with Gasteiger partial charge in [0.1, 0.15) is 5.75 Å². The largest absolute Gasteiger partial charge is 0.495 e. The Kier molecular flexibility index (Phi) is 5.42. The highest BCUT2D eigenvalue weighted by Crippen LogP contribution is 2.31. The standard InChI is InChI=1S/C21H27N5O3/c1-24-20(27)11-16-14-26(10-8-17(16)23-24)21(28)22-12-15-7-9-25(13-15)18-5-3-4-6-19(18)29-2/h3-6,11,15H,7-10,12-14H2,1-2H3,(H,22,28). The fourth-order valence-electron chi connectivity index (χ4n) is 4.12. The normalized spacial score (nSPS) is 18.5. The summed E-state index contributed by atoms with van der Waals surface area (Å²) in [4.78, 5) is 28.5. The van der Waals surface area contributed by atoms with E-state index in [4.69, 9.17) is 4.74 Å². The van der Waals surface area contributed by atoms with Crippen molar-refractivity contribution in [1.82, 2.24) is 20.0 Å². The Morgan fingerprint density at radius 3 is 2.97 bits per heavy atom. The summed E-state index contributed by atoms with van der Waals surface area (Å²) in [7, 11) is 3.34. The summed E-state index contributed by atoms with van der Waals surface area (Å²) in [5.74, 6) is 1.28. The maximum absolute atomic E-state index is 12.6. The molecule has 1 aromatic carbocycles. The van der Waals surface area contributed by atoms with Gasteiger partial charge in [0.15, 0.2) is 0 Å². The first-order valence-electron chi connectivity index (χ1n) is 10.0. The molecule has 1 aromatic heterocycles. The van der Waals surface area contributed by atoms with Crippen LogP contribution in [0, 0.1) is 5.92 Å². The second kappa shape index (κ2) is 8.14. The Morgan fingerprint density at radius 1 is 1.31 bits per heavy atom. The Morgan fingerprint density at radius 2 is 2.14 bits per heavy atom. The Hall–Kier alpha value is -3.03. The quantitative estimate of drug-likeness (QED) is 0.843. The van der Waals surface area contributed by atoms with Gasteiger partial charge in [0, 0.05) is 57.8 Å². The number of benzene rings is 1. The summed E-state index contributed by atoms with van der Waals surface area (Å²) >= 11 is 0. The van der Waals surface area contributed by atoms with Crippen molar-refractivity contribution in [2.75, 3.05) is 38.2 Å². The van der Waals surface area contributed by atoms with E-state index in [1.54, 1.807) is 25.1 Å². The fraction of sp³-hybridized carbons (Fsp3) is 0.476. The first-order chi connectivity index (χ1) is 14.0. The van der Waals surface area contributed by atoms with E-state index in [-0.39, 0.29) is 11.6 Å². The van der Waals surface area contributed by atoms with E-state index in [2.05, 4.69) is 21.4 Å². The monoisotopic (exact) mass is 397 g/mol. The first-order valence-corrected chi connectivity index (χ1v) is 10.0. The number of nitrogens with zero attached hydrogens (tertiary/aromatic N) is 4. The molecule has 2 amide bonds. The number of carbonyl (C=O) groups is 1. The highest BCUT2D eigenvalue weighted by Gasteiger charge is 2.27. The minimum absolute atomic E-state index is 0.0768. The van der Waals surface area contributed by atoms with Gasteiger partial charge in [-0.3, -0.25) is 4.79 Å². The topological polar surface area (TPSA) is 79.7 Å². The molecule has 3 heterocycles. The number of para-hydroxylation sites is 2. The average Bonchev–Trinajstić information content (AvgIpc) is 3.21. The second-order valence-electron chi connectivity index (χ2n) is 7.71. The van der Waals surface area contributed by atoms with Crippen molar-refractivity contribution in [2.45, 2.75) is 19.4 Å². The third-order valence-corrected chi connectivity index (χ3v) is 5.78. The van der Waals surface area contributed by atoms with Crippen LogP contribution in [-0.4, -0.2) is 54.0 Å². The minimum atomic E-state index is -0.145. The van der Waals surface area contributed by atoms with Crippen LogP contribution in [0.1, 0.15) is 17.7 Å². The lowest BCUT2D eigenvalue weighted by molar-refractivity contribution is 0.190. The number of rotatable bonds is 4. The molecule has 8 nitrogen and oxygen atoms in total. The van der Waals surface area contributed by atoms with E-state index in [0.29, 0.717) is 32.0 Å². The third kappa shape index (κ3) is 4.06. The Balaban J connectivity index is 1.31. The predicted octanol–water partition coefficient (Wildman–Crippen LogP) is 1.38. The summed E-state index contributed by atoms with van der Waals surface area (Å²) in [5.41, 5.74) is 2.70. The molecule has 1 atom stereocenters. The molecule has 1 saturated heterocycles. The van der Waals surface area contributed by atoms with Gasteiger partial charge in [-0.1, -0.05) is 12.1 Å². The van der Waals surface area contributed by atoms with E-state index in [1.807, 2.05) is 18.2 Å². The Labute approximate surface area is 170 Å². The van der Waals surface area contributed by atoms with Crippen molar-refractivity contribution in [1.29, 1.82) is 0 Å². The van der Waals surface area contributed by atoms with Gasteiger partial charge in [-0.15, -0.1) is 0 Å². The highest BCUT2D eigenvalue weighted by atomic mass is 16.5. The molecule has 8 heteroatoms. The van der Waals surface area contributed by atoms with Crippen LogP contribution >= 0.6 is 0 Å². The number of hydrogen-bond donors (Lipinski definition) is 1. The van der Waals surface area contributed by atoms with E-state index >= 15 is 0 Å². The molecule has 1 N–H and O–H groups in total. The number of fused-ring (bicyclic) bond motifs is 1. The molecular formula is C21H27N5O3. The zero-order chi connectivity index (χ0) is 20.4. The molecule has 2 aliphatic rings. The number of amides is 2. The molecule has 1 fully saturated rings. The molecule has 154 valence electrons. The van der Waals surface area contributed by atoms with E-state index < -0.39 is 0 Å². The smallest absolute Gasteiger partial charge is 0.317 e. The maximum Gasteiger partial charge on any atom is 0.317 e. The minimum Gasteiger partial charge on any atom is -0.495 e. The van der Waals surface area contributed by atoms with Crippen LogP contribution in [0.5, 0.6) is 5.75 Å². The molecule has 2 aromatic rings. The second-order valence-corrected chi connectivity index (χ2v) is 7.71. The number of carbonyl (C=O) groups excluding carboxylic acids is 1. The van der Waals surface area contributed by atoms with Gasteiger partial charge in [0.2, 0.25) is 0 Å². The van der Waals surface area contributed by atoms with Crippen LogP contribution in [0.15, 0.2) is 35.1 Å². The summed E-state index contributed by atoms with van der Waals surface area (Å²) in [6.45, 7) is 3.53. The number of nitrogens with one attached hydrogen (secondary N) is 1. The number of hydrogen-bond acceptors (Lipinski definition) is 5. The van der Waals surface area contributed by atoms with Crippen molar-refractivity contribution in [3.8, 4) is 5.75 Å². The maximum atomic E-state index is 12.6. The van der Waals surface area contributed by atoms with Gasteiger partial charge in [0.05, 0.1) is 18.5 Å². The lowest BCUT2D eigenvalue weighted by Crippen LogP contribution is -2.45. The number of urea groups is 1. The van der Waals surface area contributed by atoms with Crippen molar-refractivity contribution >= 4 is 11.7 Å². The van der Waals surface area contributed by atoms with Crippen LogP contribution in [0.3, 0.4) is 0 Å². The lowest BCUT2D eigenvalue weighted by Gasteiger charge is -2.28. The molecule has 0 saturated carbocycles. The van der Waals surface area contributed by atoms with E-state index in [9.17, 15) is 9.59 Å². The molecular weight excluding hydrogens is 370 g/mol. The van der Waals surface area contributed by atoms with Gasteiger partial charge >= 0.3 is 6.03 Å². The zero-order valence-electron chi connectivity index (χ0n) is 16.9.